The minimum absolute atomic E-state index is 0.445. The molecule has 2 unspecified atom stereocenters. The molecule has 2 heteroatoms. The fraction of sp³-hybridized carbons (Fsp3) is 1.00. The van der Waals surface area contributed by atoms with E-state index in [2.05, 4.69) is 19.2 Å². The van der Waals surface area contributed by atoms with Crippen molar-refractivity contribution in [3.05, 3.63) is 0 Å². The van der Waals surface area contributed by atoms with Crippen LogP contribution in [0.1, 0.15) is 52.4 Å². The summed E-state index contributed by atoms with van der Waals surface area (Å²) < 4.78 is 5.81. The second-order valence-electron chi connectivity index (χ2n) is 6.29. The van der Waals surface area contributed by atoms with E-state index in [9.17, 15) is 0 Å². The third-order valence-corrected chi connectivity index (χ3v) is 4.39. The van der Waals surface area contributed by atoms with Crippen molar-refractivity contribution in [2.45, 2.75) is 76.7 Å². The van der Waals surface area contributed by atoms with Crippen molar-refractivity contribution in [1.82, 2.24) is 5.32 Å². The molecular weight excluding hydrogens is 198 g/mol. The Morgan fingerprint density at radius 3 is 1.88 bits per heavy atom. The van der Waals surface area contributed by atoms with Gasteiger partial charge in [0.2, 0.25) is 0 Å². The van der Waals surface area contributed by atoms with Gasteiger partial charge in [0.1, 0.15) is 0 Å². The Morgan fingerprint density at radius 2 is 1.44 bits per heavy atom. The maximum absolute atomic E-state index is 5.81. The summed E-state index contributed by atoms with van der Waals surface area (Å²) in [5, 5.41) is 3.96. The molecule has 0 amide bonds. The zero-order chi connectivity index (χ0) is 11.1. The lowest BCUT2D eigenvalue weighted by Gasteiger charge is -2.35. The molecule has 16 heavy (non-hydrogen) atoms. The van der Waals surface area contributed by atoms with Crippen molar-refractivity contribution in [3.8, 4) is 0 Å². The SMILES string of the molecule is CC1CC(NC(C2CC2)C2CC2)CC(C)O1. The van der Waals surface area contributed by atoms with Gasteiger partial charge in [0, 0.05) is 12.1 Å². The molecule has 92 valence electrons. The molecule has 0 aromatic rings. The zero-order valence-corrected chi connectivity index (χ0v) is 10.6. The summed E-state index contributed by atoms with van der Waals surface area (Å²) >= 11 is 0. The Bertz CT molecular complexity index is 225. The number of ether oxygens (including phenoxy) is 1. The highest BCUT2D eigenvalue weighted by molar-refractivity contribution is 4.98. The molecular formula is C14H25NO. The summed E-state index contributed by atoms with van der Waals surface area (Å²) in [7, 11) is 0. The fourth-order valence-corrected chi connectivity index (χ4v) is 3.38. The predicted octanol–water partition coefficient (Wildman–Crippen LogP) is 2.72. The Hall–Kier alpha value is -0.0800. The predicted molar refractivity (Wildman–Crippen MR) is 65.4 cm³/mol. The smallest absolute Gasteiger partial charge is 0.0565 e. The van der Waals surface area contributed by atoms with E-state index in [-0.39, 0.29) is 0 Å². The molecule has 0 radical (unpaired) electrons. The third kappa shape index (κ3) is 2.60. The van der Waals surface area contributed by atoms with Gasteiger partial charge < -0.3 is 10.1 Å². The van der Waals surface area contributed by atoms with Crippen LogP contribution in [0.5, 0.6) is 0 Å². The van der Waals surface area contributed by atoms with Gasteiger partial charge in [0.15, 0.2) is 0 Å². The van der Waals surface area contributed by atoms with Crippen LogP contribution in [0.4, 0.5) is 0 Å². The minimum Gasteiger partial charge on any atom is -0.375 e. The number of hydrogen-bond acceptors (Lipinski definition) is 2. The molecule has 3 fully saturated rings. The van der Waals surface area contributed by atoms with Crippen LogP contribution in [0.3, 0.4) is 0 Å². The molecule has 0 aromatic carbocycles. The summed E-state index contributed by atoms with van der Waals surface area (Å²) in [5.41, 5.74) is 0. The molecule has 0 spiro atoms. The van der Waals surface area contributed by atoms with E-state index in [0.717, 1.165) is 17.9 Å². The second kappa shape index (κ2) is 4.30. The summed E-state index contributed by atoms with van der Waals surface area (Å²) in [6, 6.07) is 1.56. The molecule has 1 saturated heterocycles. The van der Waals surface area contributed by atoms with Crippen molar-refractivity contribution in [2.75, 3.05) is 0 Å². The molecule has 0 bridgehead atoms. The van der Waals surface area contributed by atoms with Crippen LogP contribution < -0.4 is 5.32 Å². The van der Waals surface area contributed by atoms with Crippen LogP contribution in [0, 0.1) is 11.8 Å². The van der Waals surface area contributed by atoms with Gasteiger partial charge in [-0.05, 0) is 64.2 Å². The van der Waals surface area contributed by atoms with Gasteiger partial charge >= 0.3 is 0 Å². The maximum Gasteiger partial charge on any atom is 0.0565 e. The Morgan fingerprint density at radius 1 is 0.938 bits per heavy atom. The summed E-state index contributed by atoms with van der Waals surface area (Å²) in [4.78, 5) is 0. The van der Waals surface area contributed by atoms with E-state index in [1.165, 1.54) is 38.5 Å². The van der Waals surface area contributed by atoms with Crippen LogP contribution in [-0.4, -0.2) is 24.3 Å². The largest absolute Gasteiger partial charge is 0.375 e. The van der Waals surface area contributed by atoms with Gasteiger partial charge in [-0.25, -0.2) is 0 Å². The molecule has 1 N–H and O–H groups in total. The van der Waals surface area contributed by atoms with Gasteiger partial charge in [-0.3, -0.25) is 0 Å². The molecule has 2 aliphatic carbocycles. The standard InChI is InChI=1S/C14H25NO/c1-9-7-13(8-10(2)16-9)15-14(11-3-4-11)12-5-6-12/h9-15H,3-8H2,1-2H3. The molecule has 0 aromatic heterocycles. The van der Waals surface area contributed by atoms with Crippen LogP contribution in [0.25, 0.3) is 0 Å². The lowest BCUT2D eigenvalue weighted by Crippen LogP contribution is -2.47. The zero-order valence-electron chi connectivity index (χ0n) is 10.6. The molecule has 2 atom stereocenters. The van der Waals surface area contributed by atoms with Crippen LogP contribution >= 0.6 is 0 Å². The van der Waals surface area contributed by atoms with E-state index < -0.39 is 0 Å². The average molecular weight is 223 g/mol. The quantitative estimate of drug-likeness (QED) is 0.791. The summed E-state index contributed by atoms with van der Waals surface area (Å²) in [6.07, 6.45) is 9.21. The van der Waals surface area contributed by atoms with E-state index in [1.54, 1.807) is 0 Å². The van der Waals surface area contributed by atoms with Crippen molar-refractivity contribution in [2.24, 2.45) is 11.8 Å². The number of nitrogens with one attached hydrogen (secondary N) is 1. The minimum atomic E-state index is 0.445. The van der Waals surface area contributed by atoms with E-state index >= 15 is 0 Å². The first-order valence-corrected chi connectivity index (χ1v) is 7.14. The number of hydrogen-bond donors (Lipinski definition) is 1. The van der Waals surface area contributed by atoms with Crippen LogP contribution in [0.15, 0.2) is 0 Å². The number of rotatable bonds is 4. The first kappa shape index (κ1) is 11.0. The molecule has 2 saturated carbocycles. The Labute approximate surface area is 99.1 Å². The highest BCUT2D eigenvalue weighted by Crippen LogP contribution is 2.45. The fourth-order valence-electron chi connectivity index (χ4n) is 3.38. The van der Waals surface area contributed by atoms with Gasteiger partial charge in [0.05, 0.1) is 12.2 Å². The first-order chi connectivity index (χ1) is 7.72. The van der Waals surface area contributed by atoms with Crippen LogP contribution in [0.2, 0.25) is 0 Å². The Balaban J connectivity index is 1.55. The van der Waals surface area contributed by atoms with Gasteiger partial charge in [-0.2, -0.15) is 0 Å². The lowest BCUT2D eigenvalue weighted by atomic mass is 9.97. The van der Waals surface area contributed by atoms with Crippen LogP contribution in [-0.2, 0) is 4.74 Å². The van der Waals surface area contributed by atoms with Crippen molar-refractivity contribution in [1.29, 1.82) is 0 Å². The molecule has 1 heterocycles. The van der Waals surface area contributed by atoms with Gasteiger partial charge in [-0.1, -0.05) is 0 Å². The second-order valence-corrected chi connectivity index (χ2v) is 6.29. The van der Waals surface area contributed by atoms with Crippen molar-refractivity contribution in [3.63, 3.8) is 0 Å². The van der Waals surface area contributed by atoms with E-state index in [4.69, 9.17) is 4.74 Å². The average Bonchev–Trinajstić information content (AvgIpc) is 3.07. The highest BCUT2D eigenvalue weighted by atomic mass is 16.5. The van der Waals surface area contributed by atoms with Crippen molar-refractivity contribution < 1.29 is 4.74 Å². The lowest BCUT2D eigenvalue weighted by molar-refractivity contribution is -0.0443. The summed E-state index contributed by atoms with van der Waals surface area (Å²) in [5.74, 6) is 2.03. The normalized spacial score (nSPS) is 40.3. The van der Waals surface area contributed by atoms with Gasteiger partial charge in [0.25, 0.3) is 0 Å². The van der Waals surface area contributed by atoms with E-state index in [1.807, 2.05) is 0 Å². The maximum atomic E-state index is 5.81. The molecule has 3 rings (SSSR count). The van der Waals surface area contributed by atoms with Gasteiger partial charge in [-0.15, -0.1) is 0 Å². The highest BCUT2D eigenvalue weighted by Gasteiger charge is 2.42. The third-order valence-electron chi connectivity index (χ3n) is 4.39. The van der Waals surface area contributed by atoms with E-state index in [0.29, 0.717) is 18.2 Å². The topological polar surface area (TPSA) is 21.3 Å². The first-order valence-electron chi connectivity index (χ1n) is 7.14. The monoisotopic (exact) mass is 223 g/mol. The Kier molecular flexibility index (Phi) is 2.97. The van der Waals surface area contributed by atoms with Crippen molar-refractivity contribution >= 4 is 0 Å². The summed E-state index contributed by atoms with van der Waals surface area (Å²) in [6.45, 7) is 4.43. The molecule has 3 aliphatic rings. The molecule has 2 nitrogen and oxygen atoms in total. The molecule has 1 aliphatic heterocycles.